The zero-order chi connectivity index (χ0) is 17.6. The maximum Gasteiger partial charge on any atom is 0.299 e. The van der Waals surface area contributed by atoms with Gasteiger partial charge in [0, 0.05) is 11.4 Å². The van der Waals surface area contributed by atoms with Gasteiger partial charge in [-0.3, -0.25) is 4.72 Å². The Hall–Kier alpha value is -1.90. The summed E-state index contributed by atoms with van der Waals surface area (Å²) in [5, 5.41) is 4.01. The van der Waals surface area contributed by atoms with Gasteiger partial charge in [0.25, 0.3) is 21.0 Å². The Bertz CT molecular complexity index is 1060. The summed E-state index contributed by atoms with van der Waals surface area (Å²) in [5.41, 5.74) is 2.22. The van der Waals surface area contributed by atoms with E-state index in [1.165, 1.54) is 4.52 Å². The quantitative estimate of drug-likeness (QED) is 0.747. The number of benzene rings is 1. The van der Waals surface area contributed by atoms with Crippen molar-refractivity contribution >= 4 is 44.7 Å². The first-order valence-electron chi connectivity index (χ1n) is 6.87. The predicted octanol–water partition coefficient (Wildman–Crippen LogP) is 3.16. The molecule has 2 aromatic heterocycles. The minimum atomic E-state index is -4.07. The normalized spacial score (nSPS) is 11.9. The van der Waals surface area contributed by atoms with Gasteiger partial charge in [-0.1, -0.05) is 29.3 Å². The van der Waals surface area contributed by atoms with Gasteiger partial charge in [0.15, 0.2) is 0 Å². The van der Waals surface area contributed by atoms with E-state index in [0.717, 1.165) is 5.69 Å². The lowest BCUT2D eigenvalue weighted by atomic mass is 10.2. The Morgan fingerprint density at radius 2 is 1.83 bits per heavy atom. The van der Waals surface area contributed by atoms with Crippen LogP contribution >= 0.6 is 23.2 Å². The number of nitrogens with zero attached hydrogens (tertiary/aromatic N) is 4. The van der Waals surface area contributed by atoms with Crippen LogP contribution in [0.5, 0.6) is 0 Å². The number of aryl methyl sites for hydroxylation is 3. The van der Waals surface area contributed by atoms with Crippen LogP contribution in [0.1, 0.15) is 17.0 Å². The van der Waals surface area contributed by atoms with Crippen molar-refractivity contribution in [2.24, 2.45) is 0 Å². The third-order valence-electron chi connectivity index (χ3n) is 3.36. The molecule has 0 unspecified atom stereocenters. The maximum absolute atomic E-state index is 12.6. The summed E-state index contributed by atoms with van der Waals surface area (Å²) in [4.78, 5) is 8.16. The minimum absolute atomic E-state index is 0.0954. The van der Waals surface area contributed by atoms with Gasteiger partial charge < -0.3 is 0 Å². The molecule has 0 saturated heterocycles. The number of sulfonamides is 1. The van der Waals surface area contributed by atoms with Crippen molar-refractivity contribution in [3.8, 4) is 0 Å². The summed E-state index contributed by atoms with van der Waals surface area (Å²) in [5.74, 6) is 0.203. The van der Waals surface area contributed by atoms with E-state index in [1.807, 2.05) is 0 Å². The smallest absolute Gasteiger partial charge is 0.274 e. The number of aromatic nitrogens is 4. The fourth-order valence-corrected chi connectivity index (χ4v) is 3.73. The van der Waals surface area contributed by atoms with Gasteiger partial charge in [-0.25, -0.2) is 9.50 Å². The van der Waals surface area contributed by atoms with Gasteiger partial charge >= 0.3 is 0 Å². The first kappa shape index (κ1) is 16.9. The van der Waals surface area contributed by atoms with Crippen molar-refractivity contribution in [1.29, 1.82) is 0 Å². The maximum atomic E-state index is 12.6. The molecule has 0 aliphatic rings. The molecule has 24 heavy (non-hydrogen) atoms. The Kier molecular flexibility index (Phi) is 4.15. The van der Waals surface area contributed by atoms with Crippen LogP contribution in [0.4, 0.5) is 5.69 Å². The third-order valence-corrected chi connectivity index (χ3v) is 5.29. The molecule has 0 fully saturated rings. The lowest BCUT2D eigenvalue weighted by molar-refractivity contribution is 0.592. The number of halogens is 2. The first-order valence-corrected chi connectivity index (χ1v) is 9.11. The molecule has 0 atom stereocenters. The van der Waals surface area contributed by atoms with E-state index in [2.05, 4.69) is 19.8 Å². The first-order chi connectivity index (χ1) is 11.2. The van der Waals surface area contributed by atoms with E-state index >= 15 is 0 Å². The van der Waals surface area contributed by atoms with E-state index < -0.39 is 15.2 Å². The molecular formula is C14H13Cl2N5O2S. The second-order valence-electron chi connectivity index (χ2n) is 5.30. The summed E-state index contributed by atoms with van der Waals surface area (Å²) in [6, 6.07) is 5.04. The molecule has 2 heterocycles. The number of nitrogens with one attached hydrogen (secondary N) is 1. The van der Waals surface area contributed by atoms with Gasteiger partial charge in [-0.2, -0.15) is 13.4 Å². The minimum Gasteiger partial charge on any atom is -0.274 e. The molecule has 7 nitrogen and oxygen atoms in total. The molecule has 0 aliphatic carbocycles. The zero-order valence-corrected chi connectivity index (χ0v) is 15.3. The predicted molar refractivity (Wildman–Crippen MR) is 92.3 cm³/mol. The Labute approximate surface area is 148 Å². The average Bonchev–Trinajstić information content (AvgIpc) is 2.93. The lowest BCUT2D eigenvalue weighted by Gasteiger charge is -2.10. The molecule has 0 radical (unpaired) electrons. The van der Waals surface area contributed by atoms with Crippen molar-refractivity contribution in [2.75, 3.05) is 4.72 Å². The highest BCUT2D eigenvalue weighted by atomic mass is 35.5. The molecular weight excluding hydrogens is 373 g/mol. The number of hydrogen-bond acceptors (Lipinski definition) is 5. The van der Waals surface area contributed by atoms with Gasteiger partial charge in [0.2, 0.25) is 0 Å². The zero-order valence-electron chi connectivity index (χ0n) is 13.0. The highest BCUT2D eigenvalue weighted by Crippen LogP contribution is 2.34. The van der Waals surface area contributed by atoms with Crippen LogP contribution in [-0.4, -0.2) is 28.0 Å². The summed E-state index contributed by atoms with van der Waals surface area (Å²) in [6.45, 7) is 5.32. The van der Waals surface area contributed by atoms with Crippen LogP contribution in [0.25, 0.3) is 5.78 Å². The highest BCUT2D eigenvalue weighted by Gasteiger charge is 2.24. The van der Waals surface area contributed by atoms with Crippen LogP contribution in [0, 0.1) is 20.8 Å². The molecule has 0 aliphatic heterocycles. The van der Waals surface area contributed by atoms with E-state index in [4.69, 9.17) is 23.2 Å². The van der Waals surface area contributed by atoms with Crippen LogP contribution < -0.4 is 4.72 Å². The van der Waals surface area contributed by atoms with Crippen LogP contribution in [-0.2, 0) is 10.0 Å². The van der Waals surface area contributed by atoms with E-state index in [-0.39, 0.29) is 21.5 Å². The molecule has 126 valence electrons. The number of fused-ring (bicyclic) bond motifs is 1. The SMILES string of the molecule is Cc1cc(C)n2nc(S(=O)(=O)Nc3c(Cl)ccc(C)c3Cl)nc2n1. The second-order valence-corrected chi connectivity index (χ2v) is 7.67. The Morgan fingerprint density at radius 1 is 1.12 bits per heavy atom. The largest absolute Gasteiger partial charge is 0.299 e. The molecule has 0 spiro atoms. The van der Waals surface area contributed by atoms with Gasteiger partial charge in [-0.15, -0.1) is 5.10 Å². The van der Waals surface area contributed by atoms with E-state index in [1.54, 1.807) is 39.0 Å². The lowest BCUT2D eigenvalue weighted by Crippen LogP contribution is -2.15. The summed E-state index contributed by atoms with van der Waals surface area (Å²) in [6.07, 6.45) is 0. The summed E-state index contributed by atoms with van der Waals surface area (Å²) in [7, 11) is -4.07. The standard InChI is InChI=1S/C14H13Cl2N5O2S/c1-7-4-5-10(15)12(11(7)16)20-24(22,23)14-18-13-17-8(2)6-9(3)21(13)19-14/h4-6,20H,1-3H3. The van der Waals surface area contributed by atoms with Crippen molar-refractivity contribution in [2.45, 2.75) is 25.9 Å². The Morgan fingerprint density at radius 3 is 2.54 bits per heavy atom. The molecule has 0 bridgehead atoms. The van der Waals surface area contributed by atoms with Crippen molar-refractivity contribution in [3.63, 3.8) is 0 Å². The van der Waals surface area contributed by atoms with Crippen LogP contribution in [0.2, 0.25) is 10.0 Å². The molecule has 3 aromatic rings. The summed E-state index contributed by atoms with van der Waals surface area (Å²) >= 11 is 12.2. The van der Waals surface area contributed by atoms with Gasteiger partial charge in [0.05, 0.1) is 15.7 Å². The summed E-state index contributed by atoms with van der Waals surface area (Å²) < 4.78 is 28.9. The average molecular weight is 386 g/mol. The van der Waals surface area contributed by atoms with Gasteiger partial charge in [-0.05, 0) is 38.5 Å². The fourth-order valence-electron chi connectivity index (χ4n) is 2.19. The van der Waals surface area contributed by atoms with Gasteiger partial charge in [0.1, 0.15) is 0 Å². The monoisotopic (exact) mass is 385 g/mol. The number of anilines is 1. The fraction of sp³-hybridized carbons (Fsp3) is 0.214. The van der Waals surface area contributed by atoms with Crippen LogP contribution in [0.3, 0.4) is 0 Å². The molecule has 1 aromatic carbocycles. The van der Waals surface area contributed by atoms with Crippen molar-refractivity contribution < 1.29 is 8.42 Å². The van der Waals surface area contributed by atoms with Crippen molar-refractivity contribution in [1.82, 2.24) is 19.6 Å². The Balaban J connectivity index is 2.09. The molecule has 3 rings (SSSR count). The number of rotatable bonds is 3. The van der Waals surface area contributed by atoms with E-state index in [0.29, 0.717) is 11.3 Å². The van der Waals surface area contributed by atoms with Crippen molar-refractivity contribution in [3.05, 3.63) is 45.2 Å². The molecule has 10 heteroatoms. The van der Waals surface area contributed by atoms with E-state index in [9.17, 15) is 8.42 Å². The second kappa shape index (κ2) is 5.87. The third kappa shape index (κ3) is 2.92. The molecule has 0 saturated carbocycles. The highest BCUT2D eigenvalue weighted by molar-refractivity contribution is 7.92. The number of hydrogen-bond donors (Lipinski definition) is 1. The molecule has 0 amide bonds. The molecule has 1 N–H and O–H groups in total. The topological polar surface area (TPSA) is 89.3 Å². The van der Waals surface area contributed by atoms with Crippen LogP contribution in [0.15, 0.2) is 23.4 Å².